The molecule has 2 atom stereocenters. The predicted molar refractivity (Wildman–Crippen MR) is 79.1 cm³/mol. The number of hydrogen-bond acceptors (Lipinski definition) is 4. The molecule has 2 unspecified atom stereocenters. The van der Waals surface area contributed by atoms with E-state index in [0.717, 1.165) is 18.7 Å². The lowest BCUT2D eigenvalue weighted by atomic mass is 10.0. The lowest BCUT2D eigenvalue weighted by Gasteiger charge is -2.32. The van der Waals surface area contributed by atoms with Crippen molar-refractivity contribution >= 4 is 0 Å². The van der Waals surface area contributed by atoms with Gasteiger partial charge in [0.2, 0.25) is 0 Å². The first-order chi connectivity index (χ1) is 9.85. The molecular weight excluding hydrogens is 250 g/mol. The number of nitrogens with one attached hydrogen (secondary N) is 1. The van der Waals surface area contributed by atoms with Crippen LogP contribution in [0.3, 0.4) is 0 Å². The largest absolute Gasteiger partial charge is 0.395 e. The highest BCUT2D eigenvalue weighted by Crippen LogP contribution is 2.24. The molecular formula is C16H23N3O. The first-order valence-corrected chi connectivity index (χ1v) is 7.35. The van der Waals surface area contributed by atoms with Crippen molar-refractivity contribution in [2.75, 3.05) is 26.2 Å². The standard InChI is InChI=1S/C16H23N3O/c17-9-8-16(14-5-2-1-3-6-14)19(11-12-20)13-15-7-4-10-18-15/h1-3,5-6,15-16,18,20H,4,7-8,10-13H2. The second-order valence-electron chi connectivity index (χ2n) is 5.30. The Balaban J connectivity index is 2.11. The van der Waals surface area contributed by atoms with E-state index >= 15 is 0 Å². The van der Waals surface area contributed by atoms with Crippen LogP contribution in [0, 0.1) is 11.3 Å². The van der Waals surface area contributed by atoms with Gasteiger partial charge in [-0.15, -0.1) is 0 Å². The molecule has 0 aromatic heterocycles. The molecule has 108 valence electrons. The molecule has 0 bridgehead atoms. The average molecular weight is 273 g/mol. The van der Waals surface area contributed by atoms with E-state index in [9.17, 15) is 5.11 Å². The van der Waals surface area contributed by atoms with Gasteiger partial charge < -0.3 is 10.4 Å². The molecule has 20 heavy (non-hydrogen) atoms. The number of hydrogen-bond donors (Lipinski definition) is 2. The van der Waals surface area contributed by atoms with Crippen molar-refractivity contribution in [3.63, 3.8) is 0 Å². The highest BCUT2D eigenvalue weighted by molar-refractivity contribution is 5.20. The Bertz CT molecular complexity index is 423. The molecule has 1 saturated heterocycles. The minimum absolute atomic E-state index is 0.0655. The Morgan fingerprint density at radius 2 is 2.20 bits per heavy atom. The molecule has 0 amide bonds. The van der Waals surface area contributed by atoms with Crippen molar-refractivity contribution in [3.8, 4) is 6.07 Å². The summed E-state index contributed by atoms with van der Waals surface area (Å²) in [6.07, 6.45) is 2.85. The van der Waals surface area contributed by atoms with Crippen molar-refractivity contribution in [2.24, 2.45) is 0 Å². The number of benzene rings is 1. The third kappa shape index (κ3) is 4.04. The van der Waals surface area contributed by atoms with Gasteiger partial charge in [0.25, 0.3) is 0 Å². The van der Waals surface area contributed by atoms with E-state index in [-0.39, 0.29) is 12.6 Å². The molecule has 0 radical (unpaired) electrons. The van der Waals surface area contributed by atoms with Gasteiger partial charge >= 0.3 is 0 Å². The number of aliphatic hydroxyl groups is 1. The van der Waals surface area contributed by atoms with Crippen LogP contribution < -0.4 is 5.32 Å². The summed E-state index contributed by atoms with van der Waals surface area (Å²) in [4.78, 5) is 2.24. The molecule has 0 spiro atoms. The van der Waals surface area contributed by atoms with Gasteiger partial charge in [0, 0.05) is 25.2 Å². The molecule has 1 heterocycles. The average Bonchev–Trinajstić information content (AvgIpc) is 2.98. The molecule has 1 aromatic carbocycles. The van der Waals surface area contributed by atoms with Crippen LogP contribution in [0.15, 0.2) is 30.3 Å². The van der Waals surface area contributed by atoms with Crippen LogP contribution in [0.1, 0.15) is 30.9 Å². The molecule has 4 heteroatoms. The summed E-state index contributed by atoms with van der Waals surface area (Å²) in [6, 6.07) is 13.0. The third-order valence-electron chi connectivity index (χ3n) is 3.91. The quantitative estimate of drug-likeness (QED) is 0.793. The molecule has 4 nitrogen and oxygen atoms in total. The van der Waals surface area contributed by atoms with E-state index in [1.165, 1.54) is 12.8 Å². The van der Waals surface area contributed by atoms with E-state index in [2.05, 4.69) is 28.4 Å². The minimum Gasteiger partial charge on any atom is -0.395 e. The van der Waals surface area contributed by atoms with Gasteiger partial charge in [-0.05, 0) is 24.9 Å². The smallest absolute Gasteiger partial charge is 0.0641 e. The van der Waals surface area contributed by atoms with E-state index in [1.54, 1.807) is 0 Å². The van der Waals surface area contributed by atoms with Crippen LogP contribution in [0.25, 0.3) is 0 Å². The number of nitriles is 1. The molecule has 2 rings (SSSR count). The third-order valence-corrected chi connectivity index (χ3v) is 3.91. The zero-order valence-electron chi connectivity index (χ0n) is 11.8. The zero-order valence-corrected chi connectivity index (χ0v) is 11.8. The number of rotatable bonds is 7. The Hall–Kier alpha value is -1.41. The Morgan fingerprint density at radius 3 is 2.80 bits per heavy atom. The minimum atomic E-state index is 0.0655. The summed E-state index contributed by atoms with van der Waals surface area (Å²) in [5.41, 5.74) is 1.15. The maximum Gasteiger partial charge on any atom is 0.0641 e. The van der Waals surface area contributed by atoms with Gasteiger partial charge in [-0.25, -0.2) is 0 Å². The van der Waals surface area contributed by atoms with Crippen molar-refractivity contribution in [1.29, 1.82) is 5.26 Å². The first kappa shape index (κ1) is 15.0. The molecule has 1 aromatic rings. The summed E-state index contributed by atoms with van der Waals surface area (Å²) in [7, 11) is 0. The van der Waals surface area contributed by atoms with Gasteiger partial charge in [0.05, 0.1) is 19.1 Å². The summed E-state index contributed by atoms with van der Waals surface area (Å²) in [6.45, 7) is 2.70. The van der Waals surface area contributed by atoms with Crippen LogP contribution in [-0.4, -0.2) is 42.3 Å². The van der Waals surface area contributed by atoms with Crippen molar-refractivity contribution in [3.05, 3.63) is 35.9 Å². The summed E-state index contributed by atoms with van der Waals surface area (Å²) in [5, 5.41) is 21.9. The predicted octanol–water partition coefficient (Wildman–Crippen LogP) is 1.69. The van der Waals surface area contributed by atoms with Gasteiger partial charge in [0.15, 0.2) is 0 Å². The van der Waals surface area contributed by atoms with Crippen LogP contribution in [0.5, 0.6) is 0 Å². The fraction of sp³-hybridized carbons (Fsp3) is 0.562. The molecule has 1 fully saturated rings. The highest BCUT2D eigenvalue weighted by Gasteiger charge is 2.24. The fourth-order valence-corrected chi connectivity index (χ4v) is 2.92. The number of aliphatic hydroxyl groups excluding tert-OH is 1. The van der Waals surface area contributed by atoms with E-state index in [0.29, 0.717) is 19.0 Å². The summed E-state index contributed by atoms with van der Waals surface area (Å²) in [5.74, 6) is 0. The highest BCUT2D eigenvalue weighted by atomic mass is 16.3. The van der Waals surface area contributed by atoms with E-state index in [1.807, 2.05) is 18.2 Å². The molecule has 2 N–H and O–H groups in total. The molecule has 0 aliphatic carbocycles. The van der Waals surface area contributed by atoms with Gasteiger partial charge in [0.1, 0.15) is 0 Å². The lowest BCUT2D eigenvalue weighted by Crippen LogP contribution is -2.41. The Labute approximate surface area is 121 Å². The van der Waals surface area contributed by atoms with Crippen LogP contribution in [0.4, 0.5) is 0 Å². The van der Waals surface area contributed by atoms with Crippen molar-refractivity contribution < 1.29 is 5.11 Å². The second kappa shape index (κ2) is 8.01. The maximum atomic E-state index is 9.33. The topological polar surface area (TPSA) is 59.3 Å². The van der Waals surface area contributed by atoms with Gasteiger partial charge in [-0.3, -0.25) is 4.90 Å². The Kier molecular flexibility index (Phi) is 6.00. The van der Waals surface area contributed by atoms with Gasteiger partial charge in [-0.1, -0.05) is 30.3 Å². The fourth-order valence-electron chi connectivity index (χ4n) is 2.92. The zero-order chi connectivity index (χ0) is 14.2. The van der Waals surface area contributed by atoms with Crippen LogP contribution in [-0.2, 0) is 0 Å². The monoisotopic (exact) mass is 273 g/mol. The van der Waals surface area contributed by atoms with Gasteiger partial charge in [-0.2, -0.15) is 5.26 Å². The van der Waals surface area contributed by atoms with E-state index in [4.69, 9.17) is 5.26 Å². The summed E-state index contributed by atoms with van der Waals surface area (Å²) < 4.78 is 0. The van der Waals surface area contributed by atoms with Crippen LogP contribution >= 0.6 is 0 Å². The SMILES string of the molecule is N#CCC(c1ccccc1)N(CCO)CC1CCCN1. The normalized spacial score (nSPS) is 19.9. The summed E-state index contributed by atoms with van der Waals surface area (Å²) >= 11 is 0. The lowest BCUT2D eigenvalue weighted by molar-refractivity contribution is 0.140. The van der Waals surface area contributed by atoms with Crippen LogP contribution in [0.2, 0.25) is 0 Å². The van der Waals surface area contributed by atoms with E-state index < -0.39 is 0 Å². The molecule has 0 saturated carbocycles. The Morgan fingerprint density at radius 1 is 1.40 bits per heavy atom. The second-order valence-corrected chi connectivity index (χ2v) is 5.30. The maximum absolute atomic E-state index is 9.33. The van der Waals surface area contributed by atoms with Crippen molar-refractivity contribution in [1.82, 2.24) is 10.2 Å². The first-order valence-electron chi connectivity index (χ1n) is 7.35. The number of nitrogens with zero attached hydrogens (tertiary/aromatic N) is 2. The van der Waals surface area contributed by atoms with Crippen molar-refractivity contribution in [2.45, 2.75) is 31.3 Å². The molecule has 1 aliphatic rings. The molecule has 1 aliphatic heterocycles.